The molecule has 4 heteroatoms. The van der Waals surface area contributed by atoms with Gasteiger partial charge in [0.1, 0.15) is 5.82 Å². The minimum absolute atomic E-state index is 0.113. The highest BCUT2D eigenvalue weighted by atomic mass is 79.9. The highest BCUT2D eigenvalue weighted by Crippen LogP contribution is 2.15. The van der Waals surface area contributed by atoms with Crippen LogP contribution in [0.3, 0.4) is 0 Å². The van der Waals surface area contributed by atoms with Gasteiger partial charge < -0.3 is 10.6 Å². The van der Waals surface area contributed by atoms with E-state index < -0.39 is 0 Å². The zero-order chi connectivity index (χ0) is 12.1. The summed E-state index contributed by atoms with van der Waals surface area (Å²) in [5.41, 5.74) is 0.774. The van der Waals surface area contributed by atoms with E-state index in [0.717, 1.165) is 48.6 Å². The van der Waals surface area contributed by atoms with Crippen molar-refractivity contribution in [2.24, 2.45) is 5.92 Å². The third kappa shape index (κ3) is 4.05. The lowest BCUT2D eigenvalue weighted by atomic mass is 10.1. The minimum atomic E-state index is -0.113. The predicted octanol–water partition coefficient (Wildman–Crippen LogP) is 2.33. The first-order valence-corrected chi connectivity index (χ1v) is 6.90. The van der Waals surface area contributed by atoms with Crippen LogP contribution in [0.1, 0.15) is 12.0 Å². The Morgan fingerprint density at radius 3 is 3.12 bits per heavy atom. The number of hydrogen-bond donors (Lipinski definition) is 2. The smallest absolute Gasteiger partial charge is 0.126 e. The zero-order valence-corrected chi connectivity index (χ0v) is 11.4. The average Bonchev–Trinajstić information content (AvgIpc) is 2.82. The molecule has 1 saturated heterocycles. The van der Waals surface area contributed by atoms with E-state index in [4.69, 9.17) is 0 Å². The molecular formula is C13H18BrFN2. The lowest BCUT2D eigenvalue weighted by Crippen LogP contribution is -2.26. The van der Waals surface area contributed by atoms with Gasteiger partial charge in [0.15, 0.2) is 0 Å². The molecule has 0 radical (unpaired) electrons. The molecule has 0 saturated carbocycles. The van der Waals surface area contributed by atoms with Crippen molar-refractivity contribution in [1.29, 1.82) is 0 Å². The molecule has 17 heavy (non-hydrogen) atoms. The fourth-order valence-electron chi connectivity index (χ4n) is 2.15. The second-order valence-electron chi connectivity index (χ2n) is 4.55. The third-order valence-corrected chi connectivity index (χ3v) is 3.67. The minimum Gasteiger partial charge on any atom is -0.316 e. The summed E-state index contributed by atoms with van der Waals surface area (Å²) in [4.78, 5) is 0. The fourth-order valence-corrected chi connectivity index (χ4v) is 2.56. The van der Waals surface area contributed by atoms with Crippen LogP contribution in [0.15, 0.2) is 22.7 Å². The third-order valence-electron chi connectivity index (χ3n) is 3.17. The molecule has 1 unspecified atom stereocenters. The summed E-state index contributed by atoms with van der Waals surface area (Å²) in [7, 11) is 0. The zero-order valence-electron chi connectivity index (χ0n) is 9.81. The maximum atomic E-state index is 13.4. The summed E-state index contributed by atoms with van der Waals surface area (Å²) in [6, 6.07) is 5.10. The molecule has 2 nitrogen and oxygen atoms in total. The summed E-state index contributed by atoms with van der Waals surface area (Å²) < 4.78 is 14.4. The quantitative estimate of drug-likeness (QED) is 0.816. The van der Waals surface area contributed by atoms with Crippen LogP contribution in [0, 0.1) is 11.7 Å². The Labute approximate surface area is 110 Å². The van der Waals surface area contributed by atoms with Crippen molar-refractivity contribution in [2.45, 2.75) is 12.8 Å². The van der Waals surface area contributed by atoms with E-state index in [1.54, 1.807) is 6.07 Å². The van der Waals surface area contributed by atoms with Crippen LogP contribution in [0.5, 0.6) is 0 Å². The lowest BCUT2D eigenvalue weighted by molar-refractivity contribution is 0.511. The van der Waals surface area contributed by atoms with E-state index in [1.165, 1.54) is 12.5 Å². The molecule has 1 aromatic carbocycles. The van der Waals surface area contributed by atoms with Gasteiger partial charge in [0.25, 0.3) is 0 Å². The molecule has 94 valence electrons. The van der Waals surface area contributed by atoms with Crippen molar-refractivity contribution in [2.75, 3.05) is 26.2 Å². The second kappa shape index (κ2) is 6.47. The van der Waals surface area contributed by atoms with Gasteiger partial charge in [0, 0.05) is 4.47 Å². The first kappa shape index (κ1) is 13.0. The molecule has 0 spiro atoms. The van der Waals surface area contributed by atoms with Crippen LogP contribution in [0.25, 0.3) is 0 Å². The van der Waals surface area contributed by atoms with Crippen molar-refractivity contribution < 1.29 is 4.39 Å². The molecule has 0 aliphatic carbocycles. The van der Waals surface area contributed by atoms with Crippen molar-refractivity contribution in [3.8, 4) is 0 Å². The molecule has 1 aromatic rings. The number of nitrogens with one attached hydrogen (secondary N) is 2. The van der Waals surface area contributed by atoms with Gasteiger partial charge >= 0.3 is 0 Å². The van der Waals surface area contributed by atoms with Crippen LogP contribution in [-0.2, 0) is 6.42 Å². The summed E-state index contributed by atoms with van der Waals surface area (Å²) in [6.45, 7) is 4.11. The summed E-state index contributed by atoms with van der Waals surface area (Å²) in [6.07, 6.45) is 1.99. The maximum absolute atomic E-state index is 13.4. The predicted molar refractivity (Wildman–Crippen MR) is 71.7 cm³/mol. The van der Waals surface area contributed by atoms with Crippen molar-refractivity contribution in [3.05, 3.63) is 34.1 Å². The molecule has 1 heterocycles. The highest BCUT2D eigenvalue weighted by Gasteiger charge is 2.13. The van der Waals surface area contributed by atoms with Crippen molar-refractivity contribution >= 4 is 15.9 Å². The van der Waals surface area contributed by atoms with Gasteiger partial charge in [-0.3, -0.25) is 0 Å². The molecule has 1 aliphatic rings. The summed E-state index contributed by atoms with van der Waals surface area (Å²) >= 11 is 3.36. The van der Waals surface area contributed by atoms with Gasteiger partial charge in [-0.05, 0) is 68.7 Å². The Morgan fingerprint density at radius 1 is 1.47 bits per heavy atom. The summed E-state index contributed by atoms with van der Waals surface area (Å²) in [5, 5.41) is 6.74. The first-order chi connectivity index (χ1) is 8.25. The Bertz CT molecular complexity index is 364. The van der Waals surface area contributed by atoms with Gasteiger partial charge in [-0.15, -0.1) is 0 Å². The number of rotatable bonds is 5. The maximum Gasteiger partial charge on any atom is 0.126 e. The highest BCUT2D eigenvalue weighted by molar-refractivity contribution is 9.10. The van der Waals surface area contributed by atoms with Crippen LogP contribution in [0.2, 0.25) is 0 Å². The van der Waals surface area contributed by atoms with Gasteiger partial charge in [-0.2, -0.15) is 0 Å². The number of hydrogen-bond acceptors (Lipinski definition) is 2. The van der Waals surface area contributed by atoms with Gasteiger partial charge in [-0.1, -0.05) is 15.9 Å². The Kier molecular flexibility index (Phi) is 4.95. The molecule has 1 fully saturated rings. The van der Waals surface area contributed by atoms with E-state index in [-0.39, 0.29) is 5.82 Å². The fraction of sp³-hybridized carbons (Fsp3) is 0.538. The average molecular weight is 301 g/mol. The van der Waals surface area contributed by atoms with E-state index in [2.05, 4.69) is 26.6 Å². The first-order valence-electron chi connectivity index (χ1n) is 6.11. The molecule has 0 bridgehead atoms. The van der Waals surface area contributed by atoms with Crippen LogP contribution in [0.4, 0.5) is 4.39 Å². The Morgan fingerprint density at radius 2 is 2.35 bits per heavy atom. The van der Waals surface area contributed by atoms with Crippen molar-refractivity contribution in [1.82, 2.24) is 10.6 Å². The van der Waals surface area contributed by atoms with Gasteiger partial charge in [0.2, 0.25) is 0 Å². The lowest BCUT2D eigenvalue weighted by Gasteiger charge is -2.10. The molecular weight excluding hydrogens is 283 g/mol. The van der Waals surface area contributed by atoms with Gasteiger partial charge in [-0.25, -0.2) is 4.39 Å². The van der Waals surface area contributed by atoms with Crippen LogP contribution < -0.4 is 10.6 Å². The molecule has 2 rings (SSSR count). The van der Waals surface area contributed by atoms with Crippen LogP contribution >= 0.6 is 15.9 Å². The van der Waals surface area contributed by atoms with E-state index in [0.29, 0.717) is 0 Å². The molecule has 1 aliphatic heterocycles. The normalized spacial score (nSPS) is 19.8. The number of halogens is 2. The number of benzene rings is 1. The van der Waals surface area contributed by atoms with Crippen molar-refractivity contribution in [3.63, 3.8) is 0 Å². The Hall–Kier alpha value is -0.450. The second-order valence-corrected chi connectivity index (χ2v) is 5.46. The topological polar surface area (TPSA) is 24.1 Å². The largest absolute Gasteiger partial charge is 0.316 e. The van der Waals surface area contributed by atoms with E-state index >= 15 is 0 Å². The molecule has 0 amide bonds. The SMILES string of the molecule is Fc1ccc(Br)cc1CCNCC1CCNC1. The van der Waals surface area contributed by atoms with E-state index in [9.17, 15) is 4.39 Å². The molecule has 1 atom stereocenters. The summed E-state index contributed by atoms with van der Waals surface area (Å²) in [5.74, 6) is 0.625. The molecule has 2 N–H and O–H groups in total. The van der Waals surface area contributed by atoms with E-state index in [1.807, 2.05) is 6.07 Å². The Balaban J connectivity index is 1.72. The van der Waals surface area contributed by atoms with Crippen LogP contribution in [-0.4, -0.2) is 26.2 Å². The molecule has 0 aromatic heterocycles. The standard InChI is InChI=1S/C13H18BrFN2/c14-12-1-2-13(15)11(7-12)4-6-17-9-10-3-5-16-8-10/h1-2,7,10,16-17H,3-6,8-9H2. The monoisotopic (exact) mass is 300 g/mol. The van der Waals surface area contributed by atoms with Gasteiger partial charge in [0.05, 0.1) is 0 Å².